The fraction of sp³-hybridized carbons (Fsp3) is 0.538. The molecule has 0 heterocycles. The van der Waals surface area contributed by atoms with Crippen molar-refractivity contribution in [3.63, 3.8) is 0 Å². The molecule has 17 heavy (non-hydrogen) atoms. The first-order valence-electron chi connectivity index (χ1n) is 5.74. The van der Waals surface area contributed by atoms with Crippen molar-refractivity contribution in [2.24, 2.45) is 0 Å². The van der Waals surface area contributed by atoms with Gasteiger partial charge in [-0.05, 0) is 38.7 Å². The predicted octanol–water partition coefficient (Wildman–Crippen LogP) is 1.87. The molecule has 4 heteroatoms. The summed E-state index contributed by atoms with van der Waals surface area (Å²) >= 11 is 0. The first kappa shape index (κ1) is 13.9. The molecule has 1 unspecified atom stereocenters. The van der Waals surface area contributed by atoms with Gasteiger partial charge < -0.3 is 15.0 Å². The van der Waals surface area contributed by atoms with Crippen molar-refractivity contribution in [1.29, 1.82) is 0 Å². The van der Waals surface area contributed by atoms with Crippen LogP contribution in [0, 0.1) is 5.82 Å². The zero-order chi connectivity index (χ0) is 12.8. The van der Waals surface area contributed by atoms with Gasteiger partial charge in [-0.15, -0.1) is 0 Å². The molecule has 1 aromatic rings. The molecule has 0 saturated heterocycles. The van der Waals surface area contributed by atoms with E-state index in [0.717, 1.165) is 12.1 Å². The van der Waals surface area contributed by atoms with Gasteiger partial charge in [-0.3, -0.25) is 0 Å². The number of ether oxygens (including phenoxy) is 1. The second-order valence-corrected chi connectivity index (χ2v) is 4.41. The first-order chi connectivity index (χ1) is 8.04. The van der Waals surface area contributed by atoms with E-state index in [1.54, 1.807) is 6.07 Å². The van der Waals surface area contributed by atoms with E-state index >= 15 is 0 Å². The van der Waals surface area contributed by atoms with Gasteiger partial charge in [0.15, 0.2) is 11.6 Å². The highest BCUT2D eigenvalue weighted by Crippen LogP contribution is 2.17. The fourth-order valence-electron chi connectivity index (χ4n) is 1.43. The molecular weight excluding hydrogens is 219 g/mol. The number of rotatable bonds is 6. The van der Waals surface area contributed by atoms with E-state index in [4.69, 9.17) is 4.74 Å². The van der Waals surface area contributed by atoms with Crippen LogP contribution in [0.5, 0.6) is 5.75 Å². The molecule has 0 aliphatic heterocycles. The largest absolute Gasteiger partial charge is 0.494 e. The second-order valence-electron chi connectivity index (χ2n) is 4.41. The lowest BCUT2D eigenvalue weighted by atomic mass is 10.2. The Bertz CT molecular complexity index is 355. The van der Waals surface area contributed by atoms with Crippen LogP contribution in [-0.2, 0) is 6.54 Å². The third-order valence-electron chi connectivity index (χ3n) is 2.87. The standard InChI is InChI=1S/C13H21FN2O/c1-10(16(2)3)8-15-9-11-5-6-13(17-4)12(14)7-11/h5-7,10,15H,8-9H2,1-4H3. The number of benzene rings is 1. The Morgan fingerprint density at radius 1 is 1.41 bits per heavy atom. The maximum absolute atomic E-state index is 13.4. The summed E-state index contributed by atoms with van der Waals surface area (Å²) in [6, 6.07) is 5.49. The van der Waals surface area contributed by atoms with Gasteiger partial charge in [-0.1, -0.05) is 6.07 Å². The summed E-state index contributed by atoms with van der Waals surface area (Å²) in [7, 11) is 5.55. The molecule has 1 atom stereocenters. The molecule has 1 rings (SSSR count). The van der Waals surface area contributed by atoms with E-state index in [9.17, 15) is 4.39 Å². The third kappa shape index (κ3) is 4.32. The Labute approximate surface area is 103 Å². The van der Waals surface area contributed by atoms with Gasteiger partial charge in [0.1, 0.15) is 0 Å². The summed E-state index contributed by atoms with van der Waals surface area (Å²) in [6.45, 7) is 3.68. The molecule has 0 saturated carbocycles. The summed E-state index contributed by atoms with van der Waals surface area (Å²) in [5.74, 6) is -0.0251. The van der Waals surface area contributed by atoms with Crippen LogP contribution in [0.1, 0.15) is 12.5 Å². The average Bonchev–Trinajstić information content (AvgIpc) is 2.29. The molecule has 0 radical (unpaired) electrons. The Hall–Kier alpha value is -1.13. The molecule has 0 amide bonds. The molecule has 0 aromatic heterocycles. The number of methoxy groups -OCH3 is 1. The molecule has 96 valence electrons. The SMILES string of the molecule is COc1ccc(CNCC(C)N(C)C)cc1F. The van der Waals surface area contributed by atoms with Crippen molar-refractivity contribution in [3.05, 3.63) is 29.6 Å². The minimum absolute atomic E-state index is 0.287. The van der Waals surface area contributed by atoms with Crippen LogP contribution in [0.25, 0.3) is 0 Å². The molecule has 0 aliphatic carbocycles. The summed E-state index contributed by atoms with van der Waals surface area (Å²) < 4.78 is 18.3. The highest BCUT2D eigenvalue weighted by molar-refractivity contribution is 5.29. The Morgan fingerprint density at radius 2 is 2.12 bits per heavy atom. The lowest BCUT2D eigenvalue weighted by molar-refractivity contribution is 0.302. The number of halogens is 1. The highest BCUT2D eigenvalue weighted by Gasteiger charge is 2.05. The van der Waals surface area contributed by atoms with E-state index in [-0.39, 0.29) is 11.6 Å². The van der Waals surface area contributed by atoms with Crippen LogP contribution in [0.3, 0.4) is 0 Å². The molecule has 0 spiro atoms. The highest BCUT2D eigenvalue weighted by atomic mass is 19.1. The lowest BCUT2D eigenvalue weighted by Crippen LogP contribution is -2.35. The first-order valence-corrected chi connectivity index (χ1v) is 5.74. The van der Waals surface area contributed by atoms with Gasteiger partial charge in [0.25, 0.3) is 0 Å². The van der Waals surface area contributed by atoms with Crippen LogP contribution in [0.4, 0.5) is 4.39 Å². The zero-order valence-electron chi connectivity index (χ0n) is 11.0. The Morgan fingerprint density at radius 3 is 2.65 bits per heavy atom. The van der Waals surface area contributed by atoms with E-state index < -0.39 is 0 Å². The van der Waals surface area contributed by atoms with Crippen molar-refractivity contribution in [2.45, 2.75) is 19.5 Å². The van der Waals surface area contributed by atoms with Gasteiger partial charge in [0.2, 0.25) is 0 Å². The van der Waals surface area contributed by atoms with E-state index in [1.807, 2.05) is 20.2 Å². The van der Waals surface area contributed by atoms with Crippen LogP contribution < -0.4 is 10.1 Å². The summed E-state index contributed by atoms with van der Waals surface area (Å²) in [5.41, 5.74) is 0.925. The summed E-state index contributed by atoms with van der Waals surface area (Å²) in [5, 5.41) is 3.30. The van der Waals surface area contributed by atoms with Gasteiger partial charge in [0, 0.05) is 19.1 Å². The Balaban J connectivity index is 2.45. The van der Waals surface area contributed by atoms with Crippen LogP contribution in [0.15, 0.2) is 18.2 Å². The van der Waals surface area contributed by atoms with Crippen molar-refractivity contribution in [1.82, 2.24) is 10.2 Å². The topological polar surface area (TPSA) is 24.5 Å². The molecule has 0 aliphatic rings. The maximum Gasteiger partial charge on any atom is 0.165 e. The summed E-state index contributed by atoms with van der Waals surface area (Å²) in [4.78, 5) is 2.14. The lowest BCUT2D eigenvalue weighted by Gasteiger charge is -2.20. The number of nitrogens with zero attached hydrogens (tertiary/aromatic N) is 1. The molecule has 0 fully saturated rings. The number of nitrogens with one attached hydrogen (secondary N) is 1. The van der Waals surface area contributed by atoms with E-state index in [0.29, 0.717) is 12.6 Å². The molecule has 1 aromatic carbocycles. The normalized spacial score (nSPS) is 12.8. The zero-order valence-corrected chi connectivity index (χ0v) is 11.0. The average molecular weight is 240 g/mol. The van der Waals surface area contributed by atoms with Gasteiger partial charge >= 0.3 is 0 Å². The second kappa shape index (κ2) is 6.57. The maximum atomic E-state index is 13.4. The molecule has 3 nitrogen and oxygen atoms in total. The van der Waals surface area contributed by atoms with Crippen LogP contribution in [-0.4, -0.2) is 38.7 Å². The molecular formula is C13H21FN2O. The molecule has 0 bridgehead atoms. The number of hydrogen-bond donors (Lipinski definition) is 1. The van der Waals surface area contributed by atoms with Crippen molar-refractivity contribution < 1.29 is 9.13 Å². The van der Waals surface area contributed by atoms with Crippen molar-refractivity contribution in [3.8, 4) is 5.75 Å². The fourth-order valence-corrected chi connectivity index (χ4v) is 1.43. The van der Waals surface area contributed by atoms with Gasteiger partial charge in [-0.25, -0.2) is 4.39 Å². The predicted molar refractivity (Wildman–Crippen MR) is 67.8 cm³/mol. The third-order valence-corrected chi connectivity index (χ3v) is 2.87. The van der Waals surface area contributed by atoms with Crippen molar-refractivity contribution in [2.75, 3.05) is 27.7 Å². The van der Waals surface area contributed by atoms with E-state index in [2.05, 4.69) is 17.1 Å². The quantitative estimate of drug-likeness (QED) is 0.821. The number of hydrogen-bond acceptors (Lipinski definition) is 3. The monoisotopic (exact) mass is 240 g/mol. The minimum Gasteiger partial charge on any atom is -0.494 e. The van der Waals surface area contributed by atoms with Gasteiger partial charge in [-0.2, -0.15) is 0 Å². The van der Waals surface area contributed by atoms with E-state index in [1.165, 1.54) is 13.2 Å². The smallest absolute Gasteiger partial charge is 0.165 e. The van der Waals surface area contributed by atoms with Crippen molar-refractivity contribution >= 4 is 0 Å². The van der Waals surface area contributed by atoms with Crippen LogP contribution >= 0.6 is 0 Å². The Kier molecular flexibility index (Phi) is 5.38. The van der Waals surface area contributed by atoms with Gasteiger partial charge in [0.05, 0.1) is 7.11 Å². The summed E-state index contributed by atoms with van der Waals surface area (Å²) in [6.07, 6.45) is 0. The minimum atomic E-state index is -0.313. The molecule has 1 N–H and O–H groups in total. The number of likely N-dealkylation sites (N-methyl/N-ethyl adjacent to an activating group) is 1. The van der Waals surface area contributed by atoms with Crippen LogP contribution in [0.2, 0.25) is 0 Å².